The quantitative estimate of drug-likeness (QED) is 0.762. The van der Waals surface area contributed by atoms with Crippen molar-refractivity contribution in [3.05, 3.63) is 0 Å². The lowest BCUT2D eigenvalue weighted by atomic mass is 10.2. The molecule has 0 aromatic rings. The molecule has 1 heterocycles. The van der Waals surface area contributed by atoms with Crippen LogP contribution in [0.4, 0.5) is 4.79 Å². The SMILES string of the molecule is CCC[C@@H](NC(=O)N1CCN(CC2CC2)CC1)C(=O)O. The van der Waals surface area contributed by atoms with E-state index >= 15 is 0 Å². The number of carboxylic acids is 1. The minimum absolute atomic E-state index is 0.239. The van der Waals surface area contributed by atoms with E-state index in [-0.39, 0.29) is 6.03 Å². The molecule has 1 saturated heterocycles. The average molecular weight is 283 g/mol. The highest BCUT2D eigenvalue weighted by Crippen LogP contribution is 2.29. The molecule has 0 aromatic heterocycles. The number of rotatable bonds is 6. The fourth-order valence-electron chi connectivity index (χ4n) is 2.59. The summed E-state index contributed by atoms with van der Waals surface area (Å²) in [5.74, 6) is -0.0797. The van der Waals surface area contributed by atoms with Gasteiger partial charge in [0, 0.05) is 32.7 Å². The van der Waals surface area contributed by atoms with Crippen molar-refractivity contribution in [2.45, 2.75) is 38.6 Å². The van der Waals surface area contributed by atoms with Gasteiger partial charge in [0.05, 0.1) is 0 Å². The van der Waals surface area contributed by atoms with Gasteiger partial charge in [-0.15, -0.1) is 0 Å². The van der Waals surface area contributed by atoms with Crippen molar-refractivity contribution in [3.8, 4) is 0 Å². The highest BCUT2D eigenvalue weighted by atomic mass is 16.4. The van der Waals surface area contributed by atoms with Gasteiger partial charge in [0.2, 0.25) is 0 Å². The predicted octanol–water partition coefficient (Wildman–Crippen LogP) is 0.977. The molecule has 2 fully saturated rings. The third-order valence-corrected chi connectivity index (χ3v) is 4.05. The average Bonchev–Trinajstić information content (AvgIpc) is 3.22. The van der Waals surface area contributed by atoms with Crippen LogP contribution >= 0.6 is 0 Å². The van der Waals surface area contributed by atoms with E-state index in [0.717, 1.165) is 32.0 Å². The van der Waals surface area contributed by atoms with Crippen LogP contribution < -0.4 is 5.32 Å². The van der Waals surface area contributed by atoms with Gasteiger partial charge in [-0.25, -0.2) is 9.59 Å². The highest BCUT2D eigenvalue weighted by Gasteiger charge is 2.28. The number of nitrogens with one attached hydrogen (secondary N) is 1. The Bertz CT molecular complexity index is 350. The summed E-state index contributed by atoms with van der Waals surface area (Å²) >= 11 is 0. The number of carbonyl (C=O) groups is 2. The second-order valence-corrected chi connectivity index (χ2v) is 5.86. The zero-order valence-electron chi connectivity index (χ0n) is 12.2. The molecule has 1 saturated carbocycles. The number of nitrogens with zero attached hydrogens (tertiary/aromatic N) is 2. The largest absolute Gasteiger partial charge is 0.480 e. The standard InChI is InChI=1S/C14H25N3O3/c1-2-3-12(13(18)19)15-14(20)17-8-6-16(7-9-17)10-11-4-5-11/h11-12H,2-10H2,1H3,(H,15,20)(H,18,19)/t12-/m1/s1. The van der Waals surface area contributed by atoms with Gasteiger partial charge in [-0.3, -0.25) is 4.90 Å². The van der Waals surface area contributed by atoms with Gasteiger partial charge in [-0.2, -0.15) is 0 Å². The van der Waals surface area contributed by atoms with Gasteiger partial charge >= 0.3 is 12.0 Å². The van der Waals surface area contributed by atoms with Crippen molar-refractivity contribution >= 4 is 12.0 Å². The molecule has 1 aliphatic heterocycles. The molecular weight excluding hydrogens is 258 g/mol. The molecule has 1 aliphatic carbocycles. The summed E-state index contributed by atoms with van der Waals surface area (Å²) in [6.45, 7) is 6.25. The van der Waals surface area contributed by atoms with E-state index in [4.69, 9.17) is 5.11 Å². The Labute approximate surface area is 120 Å². The maximum atomic E-state index is 12.1. The second-order valence-electron chi connectivity index (χ2n) is 5.86. The minimum Gasteiger partial charge on any atom is -0.480 e. The highest BCUT2D eigenvalue weighted by molar-refractivity contribution is 5.82. The molecule has 20 heavy (non-hydrogen) atoms. The monoisotopic (exact) mass is 283 g/mol. The summed E-state index contributed by atoms with van der Waals surface area (Å²) in [6.07, 6.45) is 3.91. The van der Waals surface area contributed by atoms with Crippen molar-refractivity contribution in [3.63, 3.8) is 0 Å². The van der Waals surface area contributed by atoms with Gasteiger partial charge in [0.25, 0.3) is 0 Å². The summed E-state index contributed by atoms with van der Waals surface area (Å²) in [5.41, 5.74) is 0. The molecule has 2 amide bonds. The van der Waals surface area contributed by atoms with E-state index in [9.17, 15) is 9.59 Å². The molecule has 0 bridgehead atoms. The van der Waals surface area contributed by atoms with Crippen molar-refractivity contribution in [1.82, 2.24) is 15.1 Å². The number of amides is 2. The topological polar surface area (TPSA) is 72.9 Å². The normalized spacial score (nSPS) is 21.6. The van der Waals surface area contributed by atoms with Crippen LogP contribution in [0.25, 0.3) is 0 Å². The molecule has 6 heteroatoms. The molecule has 0 aromatic carbocycles. The number of urea groups is 1. The van der Waals surface area contributed by atoms with E-state index in [2.05, 4.69) is 10.2 Å². The van der Waals surface area contributed by atoms with Gasteiger partial charge in [0.15, 0.2) is 0 Å². The lowest BCUT2D eigenvalue weighted by molar-refractivity contribution is -0.139. The number of hydrogen-bond acceptors (Lipinski definition) is 3. The second kappa shape index (κ2) is 6.92. The van der Waals surface area contributed by atoms with E-state index in [0.29, 0.717) is 19.5 Å². The Morgan fingerprint density at radius 2 is 1.90 bits per heavy atom. The summed E-state index contributed by atoms with van der Waals surface area (Å²) in [6, 6.07) is -1.01. The Morgan fingerprint density at radius 3 is 2.40 bits per heavy atom. The van der Waals surface area contributed by atoms with Gasteiger partial charge in [-0.05, 0) is 25.2 Å². The molecule has 1 atom stereocenters. The Hall–Kier alpha value is -1.30. The molecule has 2 N–H and O–H groups in total. The van der Waals surface area contributed by atoms with E-state index in [1.807, 2.05) is 6.92 Å². The molecule has 6 nitrogen and oxygen atoms in total. The maximum Gasteiger partial charge on any atom is 0.326 e. The number of hydrogen-bond donors (Lipinski definition) is 2. The first-order chi connectivity index (χ1) is 9.60. The lowest BCUT2D eigenvalue weighted by Gasteiger charge is -2.35. The third-order valence-electron chi connectivity index (χ3n) is 4.05. The van der Waals surface area contributed by atoms with Crippen LogP contribution in [-0.4, -0.2) is 65.7 Å². The van der Waals surface area contributed by atoms with Gasteiger partial charge < -0.3 is 15.3 Å². The fraction of sp³-hybridized carbons (Fsp3) is 0.857. The first kappa shape index (κ1) is 15.1. The van der Waals surface area contributed by atoms with Crippen molar-refractivity contribution < 1.29 is 14.7 Å². The molecule has 114 valence electrons. The number of carbonyl (C=O) groups excluding carboxylic acids is 1. The molecule has 0 spiro atoms. The number of aliphatic carboxylic acids is 1. The molecule has 0 radical (unpaired) electrons. The summed E-state index contributed by atoms with van der Waals surface area (Å²) in [5, 5.41) is 11.7. The van der Waals surface area contributed by atoms with Crippen LogP contribution in [0, 0.1) is 5.92 Å². The first-order valence-electron chi connectivity index (χ1n) is 7.60. The van der Waals surface area contributed by atoms with E-state index in [1.54, 1.807) is 4.90 Å². The van der Waals surface area contributed by atoms with E-state index in [1.165, 1.54) is 12.8 Å². The van der Waals surface area contributed by atoms with Crippen LogP contribution in [0.5, 0.6) is 0 Å². The van der Waals surface area contributed by atoms with Crippen LogP contribution in [-0.2, 0) is 4.79 Å². The summed E-state index contributed by atoms with van der Waals surface area (Å²) < 4.78 is 0. The van der Waals surface area contributed by atoms with Crippen molar-refractivity contribution in [2.24, 2.45) is 5.92 Å². The lowest BCUT2D eigenvalue weighted by Crippen LogP contribution is -2.54. The van der Waals surface area contributed by atoms with E-state index < -0.39 is 12.0 Å². The maximum absolute atomic E-state index is 12.1. The van der Waals surface area contributed by atoms with Crippen LogP contribution in [0.3, 0.4) is 0 Å². The van der Waals surface area contributed by atoms with Gasteiger partial charge in [-0.1, -0.05) is 13.3 Å². The zero-order valence-corrected chi connectivity index (χ0v) is 12.2. The Morgan fingerprint density at radius 1 is 1.25 bits per heavy atom. The Balaban J connectivity index is 1.73. The van der Waals surface area contributed by atoms with Gasteiger partial charge in [0.1, 0.15) is 6.04 Å². The number of piperazine rings is 1. The van der Waals surface area contributed by atoms with Crippen LogP contribution in [0.15, 0.2) is 0 Å². The zero-order chi connectivity index (χ0) is 14.5. The van der Waals surface area contributed by atoms with Crippen molar-refractivity contribution in [2.75, 3.05) is 32.7 Å². The first-order valence-corrected chi connectivity index (χ1v) is 7.60. The van der Waals surface area contributed by atoms with Crippen molar-refractivity contribution in [1.29, 1.82) is 0 Å². The summed E-state index contributed by atoms with van der Waals surface area (Å²) in [4.78, 5) is 27.2. The molecule has 2 rings (SSSR count). The number of carboxylic acid groups (broad SMARTS) is 1. The molecule has 2 aliphatic rings. The van der Waals surface area contributed by atoms with Crippen LogP contribution in [0.2, 0.25) is 0 Å². The van der Waals surface area contributed by atoms with Crippen LogP contribution in [0.1, 0.15) is 32.6 Å². The smallest absolute Gasteiger partial charge is 0.326 e. The fourth-order valence-corrected chi connectivity index (χ4v) is 2.59. The molecular formula is C14H25N3O3. The Kier molecular flexibility index (Phi) is 5.23. The third kappa shape index (κ3) is 4.37. The predicted molar refractivity (Wildman–Crippen MR) is 75.6 cm³/mol. The summed E-state index contributed by atoms with van der Waals surface area (Å²) in [7, 11) is 0. The minimum atomic E-state index is -0.951. The molecule has 0 unspecified atom stereocenters.